The van der Waals surface area contributed by atoms with Crippen LogP contribution in [0.2, 0.25) is 0 Å². The van der Waals surface area contributed by atoms with Crippen molar-refractivity contribution in [3.8, 4) is 0 Å². The zero-order valence-corrected chi connectivity index (χ0v) is 12.2. The minimum atomic E-state index is -3.88. The van der Waals surface area contributed by atoms with Gasteiger partial charge in [0.2, 0.25) is 0 Å². The summed E-state index contributed by atoms with van der Waals surface area (Å²) in [7, 11) is -3.88. The first-order valence-electron chi connectivity index (χ1n) is 5.46. The summed E-state index contributed by atoms with van der Waals surface area (Å²) in [4.78, 5) is 11.0. The lowest BCUT2D eigenvalue weighted by atomic mass is 10.1. The van der Waals surface area contributed by atoms with Gasteiger partial charge in [-0.1, -0.05) is 4.49 Å². The predicted octanol–water partition coefficient (Wildman–Crippen LogP) is 1.65. The lowest BCUT2D eigenvalue weighted by Gasteiger charge is -2.11. The van der Waals surface area contributed by atoms with Gasteiger partial charge in [-0.05, 0) is 37.1 Å². The van der Waals surface area contributed by atoms with E-state index in [0.29, 0.717) is 11.1 Å². The van der Waals surface area contributed by atoms with Crippen LogP contribution in [0.3, 0.4) is 0 Å². The van der Waals surface area contributed by atoms with Gasteiger partial charge in [0.15, 0.2) is 0 Å². The highest BCUT2D eigenvalue weighted by Crippen LogP contribution is 2.24. The zero-order chi connectivity index (χ0) is 14.9. The van der Waals surface area contributed by atoms with E-state index < -0.39 is 16.0 Å². The Hall–Kier alpha value is -2.00. The number of sulfonamides is 1. The molecule has 0 radical (unpaired) electrons. The smallest absolute Gasteiger partial charge is 0.335 e. The Morgan fingerprint density at radius 3 is 2.60 bits per heavy atom. The number of aryl methyl sites for hydroxylation is 1. The average molecular weight is 313 g/mol. The molecule has 0 saturated carbocycles. The number of carbonyl (C=O) groups is 1. The summed E-state index contributed by atoms with van der Waals surface area (Å²) in [6.07, 6.45) is 1.28. The molecule has 0 unspecified atom stereocenters. The molecule has 2 aromatic rings. The summed E-state index contributed by atoms with van der Waals surface area (Å²) >= 11 is 0.897. The number of aromatic nitrogens is 2. The van der Waals surface area contributed by atoms with E-state index in [2.05, 4.69) is 14.3 Å². The van der Waals surface area contributed by atoms with Crippen molar-refractivity contribution < 1.29 is 18.3 Å². The van der Waals surface area contributed by atoms with Crippen LogP contribution < -0.4 is 4.72 Å². The topological polar surface area (TPSA) is 109 Å². The fourth-order valence-electron chi connectivity index (χ4n) is 1.63. The zero-order valence-electron chi connectivity index (χ0n) is 10.6. The molecule has 9 heteroatoms. The molecule has 106 valence electrons. The number of benzene rings is 1. The molecule has 1 aromatic carbocycles. The second-order valence-electron chi connectivity index (χ2n) is 4.11. The minimum Gasteiger partial charge on any atom is -0.478 e. The number of nitrogens with one attached hydrogen (secondary N) is 1. The van der Waals surface area contributed by atoms with Crippen molar-refractivity contribution in [3.63, 3.8) is 0 Å². The van der Waals surface area contributed by atoms with Gasteiger partial charge in [-0.15, -0.1) is 5.10 Å². The number of aromatic carboxylic acids is 1. The summed E-state index contributed by atoms with van der Waals surface area (Å²) in [6.45, 7) is 3.29. The van der Waals surface area contributed by atoms with E-state index in [-0.39, 0.29) is 15.5 Å². The lowest BCUT2D eigenvalue weighted by Crippen LogP contribution is -2.15. The summed E-state index contributed by atoms with van der Waals surface area (Å²) in [6, 6.07) is 2.58. The third kappa shape index (κ3) is 2.78. The average Bonchev–Trinajstić information content (AvgIpc) is 2.83. The second kappa shape index (κ2) is 5.17. The normalized spacial score (nSPS) is 11.3. The highest BCUT2D eigenvalue weighted by molar-refractivity contribution is 7.93. The standard InChI is InChI=1S/C11H11N3O4S2/c1-6-3-8(11(15)16)4-9(7(6)2)20(17,18)13-10-5-12-14-19-10/h3-5,13H,1-2H3,(H,15,16). The molecule has 0 aliphatic carbocycles. The monoisotopic (exact) mass is 313 g/mol. The van der Waals surface area contributed by atoms with Crippen molar-refractivity contribution >= 4 is 32.5 Å². The SMILES string of the molecule is Cc1cc(C(=O)O)cc(S(=O)(=O)Nc2cnns2)c1C. The number of anilines is 1. The van der Waals surface area contributed by atoms with E-state index in [4.69, 9.17) is 5.11 Å². The third-order valence-corrected chi connectivity index (χ3v) is 4.95. The molecule has 2 rings (SSSR count). The highest BCUT2D eigenvalue weighted by Gasteiger charge is 2.21. The van der Waals surface area contributed by atoms with Gasteiger partial charge in [0.1, 0.15) is 5.00 Å². The maximum Gasteiger partial charge on any atom is 0.335 e. The van der Waals surface area contributed by atoms with E-state index in [1.165, 1.54) is 12.3 Å². The summed E-state index contributed by atoms with van der Waals surface area (Å²) in [5.74, 6) is -1.18. The van der Waals surface area contributed by atoms with Crippen molar-refractivity contribution in [1.82, 2.24) is 9.59 Å². The number of nitrogens with zero attached hydrogens (tertiary/aromatic N) is 2. The molecule has 7 nitrogen and oxygen atoms in total. The molecule has 0 bridgehead atoms. The van der Waals surface area contributed by atoms with Crippen molar-refractivity contribution in [2.75, 3.05) is 4.72 Å². The summed E-state index contributed by atoms with van der Waals surface area (Å²) in [5.41, 5.74) is 1.02. The first kappa shape index (κ1) is 14.4. The number of carboxylic acids is 1. The van der Waals surface area contributed by atoms with Crippen molar-refractivity contribution in [2.45, 2.75) is 18.7 Å². The van der Waals surface area contributed by atoms with E-state index in [1.807, 2.05) is 0 Å². The minimum absolute atomic E-state index is 0.0664. The van der Waals surface area contributed by atoms with Gasteiger partial charge in [-0.25, -0.2) is 13.2 Å². The molecular formula is C11H11N3O4S2. The van der Waals surface area contributed by atoms with Gasteiger partial charge in [-0.2, -0.15) is 0 Å². The van der Waals surface area contributed by atoms with Gasteiger partial charge in [-0.3, -0.25) is 4.72 Å². The molecule has 0 aliphatic heterocycles. The van der Waals surface area contributed by atoms with Crippen LogP contribution in [0.15, 0.2) is 23.2 Å². The van der Waals surface area contributed by atoms with Crippen molar-refractivity contribution in [3.05, 3.63) is 35.0 Å². The molecule has 0 saturated heterocycles. The van der Waals surface area contributed by atoms with Gasteiger partial charge in [0, 0.05) is 11.5 Å². The quantitative estimate of drug-likeness (QED) is 0.888. The van der Waals surface area contributed by atoms with Crippen LogP contribution in [0.5, 0.6) is 0 Å². The molecule has 20 heavy (non-hydrogen) atoms. The number of rotatable bonds is 4. The van der Waals surface area contributed by atoms with Crippen molar-refractivity contribution in [1.29, 1.82) is 0 Å². The molecule has 1 heterocycles. The van der Waals surface area contributed by atoms with Gasteiger partial charge in [0.25, 0.3) is 10.0 Å². The highest BCUT2D eigenvalue weighted by atomic mass is 32.2. The summed E-state index contributed by atoms with van der Waals surface area (Å²) < 4.78 is 30.5. The molecule has 2 N–H and O–H groups in total. The van der Waals surface area contributed by atoms with Crippen LogP contribution in [-0.2, 0) is 10.0 Å². The Labute approximate surface area is 119 Å². The third-order valence-electron chi connectivity index (χ3n) is 2.75. The fourth-order valence-corrected chi connectivity index (χ4v) is 3.66. The van der Waals surface area contributed by atoms with Crippen molar-refractivity contribution in [2.24, 2.45) is 0 Å². The number of carboxylic acid groups (broad SMARTS) is 1. The molecule has 0 aliphatic rings. The fraction of sp³-hybridized carbons (Fsp3) is 0.182. The molecule has 1 aromatic heterocycles. The second-order valence-corrected chi connectivity index (χ2v) is 6.55. The van der Waals surface area contributed by atoms with Gasteiger partial charge < -0.3 is 5.11 Å². The van der Waals surface area contributed by atoms with Crippen LogP contribution in [0.25, 0.3) is 0 Å². The first-order chi connectivity index (χ1) is 9.31. The number of hydrogen-bond acceptors (Lipinski definition) is 6. The van der Waals surface area contributed by atoms with Gasteiger partial charge >= 0.3 is 5.97 Å². The number of hydrogen-bond donors (Lipinski definition) is 2. The first-order valence-corrected chi connectivity index (χ1v) is 7.71. The Balaban J connectivity index is 2.53. The van der Waals surface area contributed by atoms with Crippen LogP contribution in [-0.4, -0.2) is 29.1 Å². The largest absolute Gasteiger partial charge is 0.478 e. The lowest BCUT2D eigenvalue weighted by molar-refractivity contribution is 0.0696. The molecular weight excluding hydrogens is 302 g/mol. The maximum atomic E-state index is 12.3. The van der Waals surface area contributed by atoms with E-state index in [0.717, 1.165) is 17.6 Å². The van der Waals surface area contributed by atoms with E-state index in [9.17, 15) is 13.2 Å². The Bertz CT molecular complexity index is 754. The molecule has 0 amide bonds. The Kier molecular flexibility index (Phi) is 3.73. The van der Waals surface area contributed by atoms with Crippen LogP contribution in [0, 0.1) is 13.8 Å². The molecule has 0 fully saturated rings. The van der Waals surface area contributed by atoms with E-state index >= 15 is 0 Å². The maximum absolute atomic E-state index is 12.3. The van der Waals surface area contributed by atoms with Crippen LogP contribution in [0.4, 0.5) is 5.00 Å². The Morgan fingerprint density at radius 1 is 1.35 bits per heavy atom. The van der Waals surface area contributed by atoms with Crippen LogP contribution in [0.1, 0.15) is 21.5 Å². The van der Waals surface area contributed by atoms with Crippen LogP contribution >= 0.6 is 11.5 Å². The Morgan fingerprint density at radius 2 is 2.05 bits per heavy atom. The molecule has 0 atom stereocenters. The molecule has 0 spiro atoms. The van der Waals surface area contributed by atoms with E-state index in [1.54, 1.807) is 13.8 Å². The van der Waals surface area contributed by atoms with Gasteiger partial charge in [0.05, 0.1) is 16.7 Å². The predicted molar refractivity (Wildman–Crippen MR) is 73.6 cm³/mol. The summed E-state index contributed by atoms with van der Waals surface area (Å²) in [5, 5.41) is 12.8.